The molecule has 0 bridgehead atoms. The molecule has 0 rings (SSSR count). The normalized spacial score (nSPS) is 12.5. The molecule has 0 heterocycles. The molecule has 0 saturated carbocycles. The number of aliphatic carboxylic acids is 1. The molecule has 0 aliphatic carbocycles. The summed E-state index contributed by atoms with van der Waals surface area (Å²) in [5.41, 5.74) is 0. The smallest absolute Gasteiger partial charge is 0.372 e. The van der Waals surface area contributed by atoms with Crippen LogP contribution < -0.4 is 0 Å². The number of rotatable bonds is 6. The SMILES string of the molecule is COCOC(C)CC(=O)C(=O)O. The molecular formula is C7H12O5. The summed E-state index contributed by atoms with van der Waals surface area (Å²) in [7, 11) is 1.45. The van der Waals surface area contributed by atoms with Crippen LogP contribution in [0.15, 0.2) is 0 Å². The van der Waals surface area contributed by atoms with Crippen LogP contribution in [0, 0.1) is 0 Å². The van der Waals surface area contributed by atoms with Crippen LogP contribution >= 0.6 is 0 Å². The van der Waals surface area contributed by atoms with Gasteiger partial charge in [0.25, 0.3) is 0 Å². The molecule has 70 valence electrons. The summed E-state index contributed by atoms with van der Waals surface area (Å²) >= 11 is 0. The first kappa shape index (κ1) is 11.1. The zero-order chi connectivity index (χ0) is 9.56. The molecule has 0 aliphatic heterocycles. The van der Waals surface area contributed by atoms with Gasteiger partial charge < -0.3 is 14.6 Å². The summed E-state index contributed by atoms with van der Waals surface area (Å²) in [4.78, 5) is 20.7. The minimum absolute atomic E-state index is 0.0636. The number of carbonyl (C=O) groups is 2. The number of carbonyl (C=O) groups excluding carboxylic acids is 1. The summed E-state index contributed by atoms with van der Waals surface area (Å²) < 4.78 is 9.48. The molecule has 0 radical (unpaired) electrons. The van der Waals surface area contributed by atoms with Crippen LogP contribution in [0.3, 0.4) is 0 Å². The molecule has 0 spiro atoms. The third-order valence-corrected chi connectivity index (χ3v) is 1.18. The van der Waals surface area contributed by atoms with Crippen LogP contribution in [0.4, 0.5) is 0 Å². The average Bonchev–Trinajstić information content (AvgIpc) is 2.00. The monoisotopic (exact) mass is 176 g/mol. The van der Waals surface area contributed by atoms with E-state index in [2.05, 4.69) is 4.74 Å². The Bertz CT molecular complexity index is 165. The number of carboxylic acids is 1. The number of hydrogen-bond acceptors (Lipinski definition) is 4. The van der Waals surface area contributed by atoms with Crippen molar-refractivity contribution in [1.82, 2.24) is 0 Å². The zero-order valence-corrected chi connectivity index (χ0v) is 7.07. The van der Waals surface area contributed by atoms with E-state index < -0.39 is 17.9 Å². The molecule has 5 heteroatoms. The molecule has 0 amide bonds. The van der Waals surface area contributed by atoms with E-state index in [1.807, 2.05) is 0 Å². The van der Waals surface area contributed by atoms with Gasteiger partial charge in [0.15, 0.2) is 0 Å². The lowest BCUT2D eigenvalue weighted by Gasteiger charge is -2.09. The van der Waals surface area contributed by atoms with E-state index in [0.29, 0.717) is 0 Å². The number of carboxylic acid groups (broad SMARTS) is 1. The highest BCUT2D eigenvalue weighted by Gasteiger charge is 2.15. The largest absolute Gasteiger partial charge is 0.475 e. The van der Waals surface area contributed by atoms with Gasteiger partial charge in [-0.3, -0.25) is 4.79 Å². The van der Waals surface area contributed by atoms with Gasteiger partial charge in [-0.1, -0.05) is 0 Å². The minimum Gasteiger partial charge on any atom is -0.475 e. The maximum atomic E-state index is 10.6. The molecule has 1 N–H and O–H groups in total. The van der Waals surface area contributed by atoms with Crippen molar-refractivity contribution >= 4 is 11.8 Å². The van der Waals surface area contributed by atoms with Crippen molar-refractivity contribution in [2.75, 3.05) is 13.9 Å². The predicted molar refractivity (Wildman–Crippen MR) is 39.7 cm³/mol. The van der Waals surface area contributed by atoms with Crippen molar-refractivity contribution in [3.05, 3.63) is 0 Å². The van der Waals surface area contributed by atoms with Crippen LogP contribution in [-0.2, 0) is 19.1 Å². The molecule has 0 aromatic heterocycles. The molecule has 12 heavy (non-hydrogen) atoms. The highest BCUT2D eigenvalue weighted by atomic mass is 16.7. The summed E-state index contributed by atoms with van der Waals surface area (Å²) in [5, 5.41) is 8.22. The van der Waals surface area contributed by atoms with Crippen LogP contribution in [0.2, 0.25) is 0 Å². The summed E-state index contributed by atoms with van der Waals surface area (Å²) in [6.07, 6.45) is -0.549. The van der Waals surface area contributed by atoms with Crippen molar-refractivity contribution in [3.8, 4) is 0 Å². The van der Waals surface area contributed by atoms with Crippen molar-refractivity contribution in [2.24, 2.45) is 0 Å². The first-order valence-electron chi connectivity index (χ1n) is 3.44. The highest BCUT2D eigenvalue weighted by Crippen LogP contribution is 1.98. The van der Waals surface area contributed by atoms with Crippen molar-refractivity contribution in [2.45, 2.75) is 19.4 Å². The fourth-order valence-electron chi connectivity index (χ4n) is 0.592. The predicted octanol–water partition coefficient (Wildman–Crippen LogP) is 0.0392. The Morgan fingerprint density at radius 1 is 1.50 bits per heavy atom. The van der Waals surface area contributed by atoms with Crippen LogP contribution in [0.1, 0.15) is 13.3 Å². The second-order valence-electron chi connectivity index (χ2n) is 2.32. The number of Topliss-reactive ketones (excluding diaryl/α,β-unsaturated/α-hetero) is 1. The van der Waals surface area contributed by atoms with Gasteiger partial charge >= 0.3 is 5.97 Å². The van der Waals surface area contributed by atoms with Gasteiger partial charge in [0.05, 0.1) is 6.10 Å². The molecule has 5 nitrogen and oxygen atoms in total. The van der Waals surface area contributed by atoms with Gasteiger partial charge in [-0.05, 0) is 6.92 Å². The van der Waals surface area contributed by atoms with E-state index in [1.165, 1.54) is 7.11 Å². The van der Waals surface area contributed by atoms with Crippen LogP contribution in [0.5, 0.6) is 0 Å². The lowest BCUT2D eigenvalue weighted by Crippen LogP contribution is -2.21. The van der Waals surface area contributed by atoms with E-state index >= 15 is 0 Å². The van der Waals surface area contributed by atoms with E-state index in [9.17, 15) is 9.59 Å². The number of hydrogen-bond donors (Lipinski definition) is 1. The summed E-state index contributed by atoms with van der Waals surface area (Å²) in [6.45, 7) is 1.67. The van der Waals surface area contributed by atoms with Gasteiger partial charge in [-0.2, -0.15) is 0 Å². The third kappa shape index (κ3) is 4.81. The fourth-order valence-corrected chi connectivity index (χ4v) is 0.592. The number of ether oxygens (including phenoxy) is 2. The molecule has 1 unspecified atom stereocenters. The van der Waals surface area contributed by atoms with Crippen molar-refractivity contribution in [1.29, 1.82) is 0 Å². The van der Waals surface area contributed by atoms with E-state index in [4.69, 9.17) is 9.84 Å². The topological polar surface area (TPSA) is 72.8 Å². The second-order valence-corrected chi connectivity index (χ2v) is 2.32. The second kappa shape index (κ2) is 5.68. The van der Waals surface area contributed by atoms with Crippen LogP contribution in [0.25, 0.3) is 0 Å². The van der Waals surface area contributed by atoms with E-state index in [1.54, 1.807) is 6.92 Å². The molecule has 0 aromatic rings. The van der Waals surface area contributed by atoms with Crippen molar-refractivity contribution < 1.29 is 24.2 Å². The molecule has 1 atom stereocenters. The maximum Gasteiger partial charge on any atom is 0.372 e. The van der Waals surface area contributed by atoms with Gasteiger partial charge in [-0.15, -0.1) is 0 Å². The Kier molecular flexibility index (Phi) is 5.23. The third-order valence-electron chi connectivity index (χ3n) is 1.18. The number of methoxy groups -OCH3 is 1. The standard InChI is InChI=1S/C7H12O5/c1-5(12-4-11-2)3-6(8)7(9)10/h5H,3-4H2,1-2H3,(H,9,10). The Labute approximate surface area is 70.3 Å². The summed E-state index contributed by atoms with van der Waals surface area (Å²) in [5.74, 6) is -2.28. The van der Waals surface area contributed by atoms with E-state index in [-0.39, 0.29) is 13.2 Å². The fraction of sp³-hybridized carbons (Fsp3) is 0.714. The molecule has 0 saturated heterocycles. The quantitative estimate of drug-likeness (QED) is 0.457. The van der Waals surface area contributed by atoms with Gasteiger partial charge in [0.1, 0.15) is 6.79 Å². The molecule has 0 fully saturated rings. The van der Waals surface area contributed by atoms with Crippen molar-refractivity contribution in [3.63, 3.8) is 0 Å². The molecule has 0 aliphatic rings. The molecular weight excluding hydrogens is 164 g/mol. The lowest BCUT2D eigenvalue weighted by molar-refractivity contribution is -0.151. The Morgan fingerprint density at radius 3 is 2.50 bits per heavy atom. The average molecular weight is 176 g/mol. The zero-order valence-electron chi connectivity index (χ0n) is 7.07. The number of ketones is 1. The Balaban J connectivity index is 3.61. The first-order chi connectivity index (χ1) is 5.57. The maximum absolute atomic E-state index is 10.6. The van der Waals surface area contributed by atoms with E-state index in [0.717, 1.165) is 0 Å². The Morgan fingerprint density at radius 2 is 2.08 bits per heavy atom. The highest BCUT2D eigenvalue weighted by molar-refractivity contribution is 6.32. The van der Waals surface area contributed by atoms with Crippen LogP contribution in [-0.4, -0.2) is 36.9 Å². The van der Waals surface area contributed by atoms with Gasteiger partial charge in [-0.25, -0.2) is 4.79 Å². The summed E-state index contributed by atoms with van der Waals surface area (Å²) in [6, 6.07) is 0. The Hall–Kier alpha value is -0.940. The molecule has 0 aromatic carbocycles. The van der Waals surface area contributed by atoms with Gasteiger partial charge in [0.2, 0.25) is 5.78 Å². The minimum atomic E-state index is -1.43. The lowest BCUT2D eigenvalue weighted by atomic mass is 10.2. The first-order valence-corrected chi connectivity index (χ1v) is 3.44. The van der Waals surface area contributed by atoms with Gasteiger partial charge in [0, 0.05) is 13.5 Å².